The highest BCUT2D eigenvalue weighted by Gasteiger charge is 2.33. The van der Waals surface area contributed by atoms with E-state index in [1.165, 1.54) is 48.5 Å². The maximum absolute atomic E-state index is 13.4. The van der Waals surface area contributed by atoms with Gasteiger partial charge in [0.1, 0.15) is 11.5 Å². The highest BCUT2D eigenvalue weighted by Crippen LogP contribution is 2.15. The van der Waals surface area contributed by atoms with Gasteiger partial charge in [0.15, 0.2) is 9.84 Å². The summed E-state index contributed by atoms with van der Waals surface area (Å²) >= 11 is 0. The number of carbonyl (C=O) groups is 4. The first-order valence-electron chi connectivity index (χ1n) is 12.9. The van der Waals surface area contributed by atoms with Crippen LogP contribution in [0.5, 0.6) is 0 Å². The lowest BCUT2D eigenvalue weighted by atomic mass is 10.2. The number of hydrogen-bond donors (Lipinski definition) is 0. The van der Waals surface area contributed by atoms with Crippen molar-refractivity contribution < 1.29 is 46.5 Å². The Balaban J connectivity index is 1.55. The molecule has 4 aromatic rings. The van der Waals surface area contributed by atoms with Gasteiger partial charge in [-0.25, -0.2) is 27.6 Å². The predicted molar refractivity (Wildman–Crippen MR) is 154 cm³/mol. The van der Waals surface area contributed by atoms with Crippen molar-refractivity contribution in [3.05, 3.63) is 144 Å². The molecule has 0 radical (unpaired) electrons. The Kier molecular flexibility index (Phi) is 10.4. The first kappa shape index (κ1) is 30.7. The van der Waals surface area contributed by atoms with E-state index in [1.807, 2.05) is 0 Å². The molecule has 43 heavy (non-hydrogen) atoms. The Morgan fingerprint density at radius 3 is 0.837 bits per heavy atom. The zero-order chi connectivity index (χ0) is 30.7. The van der Waals surface area contributed by atoms with Crippen LogP contribution in [0.4, 0.5) is 0 Å². The second kappa shape index (κ2) is 14.6. The zero-order valence-electron chi connectivity index (χ0n) is 22.6. The maximum atomic E-state index is 13.4. The molecule has 0 saturated carbocycles. The molecule has 0 amide bonds. The molecule has 4 rings (SSSR count). The fourth-order valence-electron chi connectivity index (χ4n) is 3.71. The van der Waals surface area contributed by atoms with Crippen molar-refractivity contribution >= 4 is 33.7 Å². The Morgan fingerprint density at radius 1 is 0.419 bits per heavy atom. The van der Waals surface area contributed by atoms with Crippen LogP contribution in [0.25, 0.3) is 0 Å². The van der Waals surface area contributed by atoms with Crippen molar-refractivity contribution in [2.45, 2.75) is 12.6 Å². The maximum Gasteiger partial charge on any atom is 0.341 e. The molecule has 0 aromatic heterocycles. The summed E-state index contributed by atoms with van der Waals surface area (Å²) in [5.74, 6) is -5.80. The number of sulfone groups is 1. The minimum Gasteiger partial charge on any atom is -0.420 e. The van der Waals surface area contributed by atoms with Gasteiger partial charge in [0, 0.05) is 0 Å². The molecule has 0 N–H and O–H groups in total. The molecule has 10 nitrogen and oxygen atoms in total. The molecule has 4 aromatic carbocycles. The second-order valence-electron chi connectivity index (χ2n) is 9.02. The van der Waals surface area contributed by atoms with Crippen molar-refractivity contribution in [2.75, 3.05) is 11.5 Å². The average Bonchev–Trinajstić information content (AvgIpc) is 3.02. The van der Waals surface area contributed by atoms with Crippen LogP contribution in [-0.2, 0) is 28.8 Å². The van der Waals surface area contributed by atoms with E-state index >= 15 is 0 Å². The Bertz CT molecular complexity index is 1420. The van der Waals surface area contributed by atoms with Gasteiger partial charge in [-0.3, -0.25) is 0 Å². The molecule has 0 heterocycles. The molecule has 0 saturated heterocycles. The van der Waals surface area contributed by atoms with Crippen LogP contribution in [0, 0.1) is 0 Å². The number of carbonyl (C=O) groups excluding carboxylic acids is 4. The molecule has 0 bridgehead atoms. The molecule has 0 aliphatic heterocycles. The van der Waals surface area contributed by atoms with Gasteiger partial charge in [-0.05, 0) is 48.5 Å². The van der Waals surface area contributed by atoms with Crippen LogP contribution in [0.1, 0.15) is 41.4 Å². The molecular formula is C32H26O10S. The highest BCUT2D eigenvalue weighted by atomic mass is 32.2. The van der Waals surface area contributed by atoms with Crippen molar-refractivity contribution in [3.63, 3.8) is 0 Å². The summed E-state index contributed by atoms with van der Waals surface area (Å²) in [5, 5.41) is 0. The van der Waals surface area contributed by atoms with Gasteiger partial charge in [-0.15, -0.1) is 0 Å². The van der Waals surface area contributed by atoms with Crippen molar-refractivity contribution in [3.8, 4) is 0 Å². The molecule has 11 heteroatoms. The monoisotopic (exact) mass is 602 g/mol. The Morgan fingerprint density at radius 2 is 0.628 bits per heavy atom. The van der Waals surface area contributed by atoms with E-state index in [2.05, 4.69) is 0 Å². The summed E-state index contributed by atoms with van der Waals surface area (Å²) < 4.78 is 47.8. The highest BCUT2D eigenvalue weighted by molar-refractivity contribution is 7.91. The van der Waals surface area contributed by atoms with Crippen molar-refractivity contribution in [1.82, 2.24) is 0 Å². The number of esters is 4. The molecule has 220 valence electrons. The quantitative estimate of drug-likeness (QED) is 0.168. The average molecular weight is 603 g/mol. The van der Waals surface area contributed by atoms with Crippen molar-refractivity contribution in [2.24, 2.45) is 0 Å². The van der Waals surface area contributed by atoms with Crippen LogP contribution in [0.3, 0.4) is 0 Å². The second-order valence-corrected chi connectivity index (χ2v) is 11.2. The Hall–Kier alpha value is -5.29. The molecule has 0 unspecified atom stereocenters. The largest absolute Gasteiger partial charge is 0.420 e. The normalized spacial score (nSPS) is 11.0. The Labute approximate surface area is 247 Å². The van der Waals surface area contributed by atoms with E-state index in [4.69, 9.17) is 18.9 Å². The van der Waals surface area contributed by atoms with Crippen molar-refractivity contribution in [1.29, 1.82) is 0 Å². The van der Waals surface area contributed by atoms with Crippen LogP contribution in [0.15, 0.2) is 121 Å². The van der Waals surface area contributed by atoms with Gasteiger partial charge in [0.2, 0.25) is 0 Å². The molecule has 0 aliphatic rings. The van der Waals surface area contributed by atoms with E-state index in [0.29, 0.717) is 0 Å². The smallest absolute Gasteiger partial charge is 0.341 e. The van der Waals surface area contributed by atoms with Crippen LogP contribution in [0.2, 0.25) is 0 Å². The van der Waals surface area contributed by atoms with Gasteiger partial charge >= 0.3 is 23.9 Å². The summed E-state index contributed by atoms with van der Waals surface area (Å²) in [4.78, 5) is 51.0. The minimum atomic E-state index is -4.40. The number of ether oxygens (including phenoxy) is 4. The summed E-state index contributed by atoms with van der Waals surface area (Å²) in [6.07, 6.45) is -3.78. The number of rotatable bonds is 12. The third-order valence-corrected chi connectivity index (χ3v) is 7.33. The summed E-state index contributed by atoms with van der Waals surface area (Å²) in [6.45, 7) is 0. The predicted octanol–water partition coefficient (Wildman–Crippen LogP) is 4.48. The molecule has 0 aliphatic carbocycles. The van der Waals surface area contributed by atoms with Crippen LogP contribution in [-0.4, -0.2) is 56.4 Å². The summed E-state index contributed by atoms with van der Waals surface area (Å²) in [5.41, 5.74) is 0.360. The first-order chi connectivity index (χ1) is 20.7. The van der Waals surface area contributed by atoms with Gasteiger partial charge in [-0.2, -0.15) is 0 Å². The van der Waals surface area contributed by atoms with E-state index in [-0.39, 0.29) is 22.3 Å². The van der Waals surface area contributed by atoms with Gasteiger partial charge < -0.3 is 18.9 Å². The first-order valence-corrected chi connectivity index (χ1v) is 14.8. The summed E-state index contributed by atoms with van der Waals surface area (Å²) in [7, 11) is -4.40. The third-order valence-electron chi connectivity index (χ3n) is 5.77. The fourth-order valence-corrected chi connectivity index (χ4v) is 4.95. The van der Waals surface area contributed by atoms with Gasteiger partial charge in [0.05, 0.1) is 22.3 Å². The van der Waals surface area contributed by atoms with E-state index in [0.717, 1.165) is 0 Å². The van der Waals surface area contributed by atoms with E-state index in [9.17, 15) is 27.6 Å². The lowest BCUT2D eigenvalue weighted by Crippen LogP contribution is -2.37. The minimum absolute atomic E-state index is 0.0899. The number of benzene rings is 4. The van der Waals surface area contributed by atoms with Gasteiger partial charge in [-0.1, -0.05) is 72.8 Å². The van der Waals surface area contributed by atoms with Crippen LogP contribution >= 0.6 is 0 Å². The lowest BCUT2D eigenvalue weighted by Gasteiger charge is -2.21. The fraction of sp³-hybridized carbons (Fsp3) is 0.125. The lowest BCUT2D eigenvalue weighted by molar-refractivity contribution is -0.0693. The SMILES string of the molecule is O=C(OC(CS(=O)(=O)CC(OC(=O)c1ccccc1)OC(=O)c1ccccc1)OC(=O)c1ccccc1)c1ccccc1. The van der Waals surface area contributed by atoms with E-state index in [1.54, 1.807) is 72.8 Å². The molecule has 0 atom stereocenters. The molecular weight excluding hydrogens is 576 g/mol. The third kappa shape index (κ3) is 9.37. The summed E-state index contributed by atoms with van der Waals surface area (Å²) in [6, 6.07) is 30.8. The molecule has 0 spiro atoms. The topological polar surface area (TPSA) is 139 Å². The van der Waals surface area contributed by atoms with Crippen LogP contribution < -0.4 is 0 Å². The number of hydrogen-bond acceptors (Lipinski definition) is 10. The zero-order valence-corrected chi connectivity index (χ0v) is 23.4. The molecule has 0 fully saturated rings. The standard InChI is InChI=1S/C32H26O10S/c33-29(23-13-5-1-6-14-23)39-27(40-30(34)24-15-7-2-8-16-24)21-43(37,38)22-28(41-31(35)25-17-9-3-10-18-25)42-32(36)26-19-11-4-12-20-26/h1-20,27-28H,21-22H2. The van der Waals surface area contributed by atoms with Gasteiger partial charge in [0.25, 0.3) is 12.6 Å². The van der Waals surface area contributed by atoms with E-state index < -0.39 is 57.8 Å².